The Bertz CT molecular complexity index is 525. The van der Waals surface area contributed by atoms with E-state index in [9.17, 15) is 0 Å². The summed E-state index contributed by atoms with van der Waals surface area (Å²) < 4.78 is 6.58. The summed E-state index contributed by atoms with van der Waals surface area (Å²) in [4.78, 5) is 0. The van der Waals surface area contributed by atoms with Crippen molar-refractivity contribution in [3.63, 3.8) is 0 Å². The Morgan fingerprint density at radius 1 is 1.12 bits per heavy atom. The number of nitrogens with two attached hydrogens (primary N) is 1. The first-order valence-electron chi connectivity index (χ1n) is 5.57. The normalized spacial score (nSPS) is 12.8. The molecule has 1 aromatic carbocycles. The van der Waals surface area contributed by atoms with Crippen LogP contribution in [-0.4, -0.2) is 0 Å². The Hall–Kier alpha value is -1.06. The SMILES string of the molecule is Cc1cc(Br)cc(C(N)c2cc(C)oc2C)c1. The van der Waals surface area contributed by atoms with E-state index in [0.717, 1.165) is 27.1 Å². The fourth-order valence-electron chi connectivity index (χ4n) is 2.08. The second kappa shape index (κ2) is 4.67. The number of aryl methyl sites for hydroxylation is 3. The molecule has 3 heteroatoms. The van der Waals surface area contributed by atoms with Crippen molar-refractivity contribution < 1.29 is 4.42 Å². The molecule has 0 fully saturated rings. The Labute approximate surface area is 110 Å². The lowest BCUT2D eigenvalue weighted by molar-refractivity contribution is 0.499. The van der Waals surface area contributed by atoms with Crippen LogP contribution in [-0.2, 0) is 0 Å². The molecule has 0 radical (unpaired) electrons. The van der Waals surface area contributed by atoms with Gasteiger partial charge in [-0.3, -0.25) is 0 Å². The van der Waals surface area contributed by atoms with Crippen molar-refractivity contribution in [1.82, 2.24) is 0 Å². The van der Waals surface area contributed by atoms with Gasteiger partial charge in [0.05, 0.1) is 6.04 Å². The van der Waals surface area contributed by atoms with Crippen LogP contribution in [0.1, 0.15) is 34.3 Å². The van der Waals surface area contributed by atoms with Crippen molar-refractivity contribution >= 4 is 15.9 Å². The van der Waals surface area contributed by atoms with Gasteiger partial charge in [0.1, 0.15) is 11.5 Å². The number of hydrogen-bond donors (Lipinski definition) is 1. The average Bonchev–Trinajstić information content (AvgIpc) is 2.55. The van der Waals surface area contributed by atoms with Crippen molar-refractivity contribution in [3.8, 4) is 0 Å². The van der Waals surface area contributed by atoms with Crippen LogP contribution in [0.5, 0.6) is 0 Å². The van der Waals surface area contributed by atoms with Crippen molar-refractivity contribution in [1.29, 1.82) is 0 Å². The minimum Gasteiger partial charge on any atom is -0.466 e. The first-order valence-corrected chi connectivity index (χ1v) is 6.36. The van der Waals surface area contributed by atoms with Gasteiger partial charge in [0.15, 0.2) is 0 Å². The summed E-state index contributed by atoms with van der Waals surface area (Å²) >= 11 is 3.50. The average molecular weight is 294 g/mol. The minimum absolute atomic E-state index is 0.136. The highest BCUT2D eigenvalue weighted by molar-refractivity contribution is 9.10. The van der Waals surface area contributed by atoms with Gasteiger partial charge in [-0.1, -0.05) is 22.0 Å². The van der Waals surface area contributed by atoms with Gasteiger partial charge < -0.3 is 10.2 Å². The lowest BCUT2D eigenvalue weighted by Gasteiger charge is -2.12. The number of benzene rings is 1. The molecule has 0 saturated heterocycles. The van der Waals surface area contributed by atoms with Gasteiger partial charge in [0.2, 0.25) is 0 Å². The molecule has 0 aliphatic heterocycles. The summed E-state index contributed by atoms with van der Waals surface area (Å²) in [5.74, 6) is 1.80. The maximum atomic E-state index is 6.29. The number of halogens is 1. The zero-order valence-electron chi connectivity index (χ0n) is 10.3. The predicted octanol–water partition coefficient (Wildman–Crippen LogP) is 4.02. The van der Waals surface area contributed by atoms with E-state index in [4.69, 9.17) is 10.2 Å². The maximum absolute atomic E-state index is 6.29. The zero-order valence-corrected chi connectivity index (χ0v) is 11.8. The van der Waals surface area contributed by atoms with Gasteiger partial charge >= 0.3 is 0 Å². The third-order valence-corrected chi connectivity index (χ3v) is 3.30. The van der Waals surface area contributed by atoms with Crippen LogP contribution in [0.25, 0.3) is 0 Å². The highest BCUT2D eigenvalue weighted by Crippen LogP contribution is 2.27. The molecule has 2 aromatic rings. The Morgan fingerprint density at radius 2 is 1.82 bits per heavy atom. The molecular formula is C14H16BrNO. The quantitative estimate of drug-likeness (QED) is 0.908. The summed E-state index contributed by atoms with van der Waals surface area (Å²) in [6.07, 6.45) is 0. The van der Waals surface area contributed by atoms with Crippen LogP contribution in [0.2, 0.25) is 0 Å². The van der Waals surface area contributed by atoms with E-state index in [0.29, 0.717) is 0 Å². The first-order chi connectivity index (χ1) is 7.97. The summed E-state index contributed by atoms with van der Waals surface area (Å²) in [6.45, 7) is 5.96. The van der Waals surface area contributed by atoms with E-state index < -0.39 is 0 Å². The van der Waals surface area contributed by atoms with Crippen LogP contribution in [0, 0.1) is 20.8 Å². The van der Waals surface area contributed by atoms with Crippen molar-refractivity contribution in [2.45, 2.75) is 26.8 Å². The summed E-state index contributed by atoms with van der Waals surface area (Å²) in [6, 6.07) is 8.11. The maximum Gasteiger partial charge on any atom is 0.106 e. The van der Waals surface area contributed by atoms with Gasteiger partial charge in [0.25, 0.3) is 0 Å². The van der Waals surface area contributed by atoms with Gasteiger partial charge in [-0.2, -0.15) is 0 Å². The molecule has 2 nitrogen and oxygen atoms in total. The lowest BCUT2D eigenvalue weighted by Crippen LogP contribution is -2.12. The van der Waals surface area contributed by atoms with Crippen molar-refractivity contribution in [2.75, 3.05) is 0 Å². The molecule has 0 saturated carbocycles. The fourth-order valence-corrected chi connectivity index (χ4v) is 2.71. The second-order valence-electron chi connectivity index (χ2n) is 4.41. The van der Waals surface area contributed by atoms with E-state index in [1.54, 1.807) is 0 Å². The van der Waals surface area contributed by atoms with Gasteiger partial charge in [-0.25, -0.2) is 0 Å². The summed E-state index contributed by atoms with van der Waals surface area (Å²) in [5, 5.41) is 0. The monoisotopic (exact) mass is 293 g/mol. The second-order valence-corrected chi connectivity index (χ2v) is 5.32. The third kappa shape index (κ3) is 2.61. The van der Waals surface area contributed by atoms with Crippen LogP contribution >= 0.6 is 15.9 Å². The third-order valence-electron chi connectivity index (χ3n) is 2.84. The molecule has 0 spiro atoms. The molecule has 2 rings (SSSR count). The summed E-state index contributed by atoms with van der Waals surface area (Å²) in [7, 11) is 0. The van der Waals surface area contributed by atoms with E-state index in [-0.39, 0.29) is 6.04 Å². The topological polar surface area (TPSA) is 39.2 Å². The van der Waals surface area contributed by atoms with Crippen LogP contribution in [0.3, 0.4) is 0 Å². The van der Waals surface area contributed by atoms with Crippen LogP contribution in [0.4, 0.5) is 0 Å². The number of furan rings is 1. The Balaban J connectivity index is 2.43. The van der Waals surface area contributed by atoms with Crippen molar-refractivity contribution in [2.24, 2.45) is 5.73 Å². The minimum atomic E-state index is -0.136. The molecule has 90 valence electrons. The molecule has 0 aliphatic rings. The standard InChI is InChI=1S/C14H16BrNO/c1-8-4-11(7-12(15)5-8)14(16)13-6-9(2)17-10(13)3/h4-7,14H,16H2,1-3H3. The van der Waals surface area contributed by atoms with E-state index >= 15 is 0 Å². The van der Waals surface area contributed by atoms with E-state index in [1.807, 2.05) is 19.9 Å². The predicted molar refractivity (Wildman–Crippen MR) is 73.1 cm³/mol. The highest BCUT2D eigenvalue weighted by atomic mass is 79.9. The van der Waals surface area contributed by atoms with Gasteiger partial charge in [0, 0.05) is 10.0 Å². The highest BCUT2D eigenvalue weighted by Gasteiger charge is 2.15. The Morgan fingerprint density at radius 3 is 2.35 bits per heavy atom. The Kier molecular flexibility index (Phi) is 3.40. The van der Waals surface area contributed by atoms with E-state index in [1.165, 1.54) is 5.56 Å². The van der Waals surface area contributed by atoms with Gasteiger partial charge in [-0.15, -0.1) is 0 Å². The molecule has 1 aromatic heterocycles. The first kappa shape index (κ1) is 12.4. The number of hydrogen-bond acceptors (Lipinski definition) is 2. The number of rotatable bonds is 2. The van der Waals surface area contributed by atoms with Crippen LogP contribution in [0.15, 0.2) is 33.2 Å². The molecule has 0 bridgehead atoms. The zero-order chi connectivity index (χ0) is 12.6. The largest absolute Gasteiger partial charge is 0.466 e. The smallest absolute Gasteiger partial charge is 0.106 e. The lowest BCUT2D eigenvalue weighted by atomic mass is 9.98. The van der Waals surface area contributed by atoms with Crippen LogP contribution < -0.4 is 5.73 Å². The van der Waals surface area contributed by atoms with Gasteiger partial charge in [-0.05, 0) is 50.1 Å². The van der Waals surface area contributed by atoms with Crippen molar-refractivity contribution in [3.05, 3.63) is 56.9 Å². The summed E-state index contributed by atoms with van der Waals surface area (Å²) in [5.41, 5.74) is 9.64. The molecule has 0 aliphatic carbocycles. The molecular weight excluding hydrogens is 278 g/mol. The fraction of sp³-hybridized carbons (Fsp3) is 0.286. The molecule has 17 heavy (non-hydrogen) atoms. The molecule has 1 heterocycles. The molecule has 1 atom stereocenters. The van der Waals surface area contributed by atoms with E-state index in [2.05, 4.69) is 41.1 Å². The molecule has 0 amide bonds. The molecule has 1 unspecified atom stereocenters. The molecule has 2 N–H and O–H groups in total.